The average molecular weight is 349 g/mol. The third-order valence-electron chi connectivity index (χ3n) is 4.56. The van der Waals surface area contributed by atoms with E-state index in [4.69, 9.17) is 0 Å². The quantitative estimate of drug-likeness (QED) is 0.669. The summed E-state index contributed by atoms with van der Waals surface area (Å²) in [6.45, 7) is 0.397. The van der Waals surface area contributed by atoms with E-state index >= 15 is 0 Å². The number of hydrogen-bond acceptors (Lipinski definition) is 4. The molecule has 0 spiro atoms. The molecule has 1 aliphatic carbocycles. The molecule has 2 aromatic carbocycles. The topological polar surface area (TPSA) is 92.1 Å². The molecule has 3 aromatic rings. The minimum Gasteiger partial charge on any atom is -0.390 e. The maximum absolute atomic E-state index is 12.2. The molecular formula is C19H19N5O2. The Labute approximate surface area is 150 Å². The van der Waals surface area contributed by atoms with Gasteiger partial charge in [0.15, 0.2) is 0 Å². The smallest absolute Gasteiger partial charge is 0.315 e. The minimum absolute atomic E-state index is 0.300. The van der Waals surface area contributed by atoms with Crippen LogP contribution in [0.25, 0.3) is 5.69 Å². The lowest BCUT2D eigenvalue weighted by atomic mass is 10.1. The van der Waals surface area contributed by atoms with Crippen LogP contribution < -0.4 is 10.6 Å². The lowest BCUT2D eigenvalue weighted by molar-refractivity contribution is 0.142. The lowest BCUT2D eigenvalue weighted by Crippen LogP contribution is -2.40. The van der Waals surface area contributed by atoms with E-state index in [0.29, 0.717) is 13.0 Å². The number of amides is 2. The number of aromatic nitrogens is 3. The number of carbonyl (C=O) groups excluding carboxylic acids is 1. The number of urea groups is 1. The van der Waals surface area contributed by atoms with Crippen LogP contribution >= 0.6 is 0 Å². The molecule has 7 nitrogen and oxygen atoms in total. The SMILES string of the molecule is O=C(NCc1ccc(-n2cncn2)cc1)N[C@@H]1c2ccccc2C[C@@H]1O. The minimum atomic E-state index is -0.597. The Kier molecular flexibility index (Phi) is 4.37. The number of benzene rings is 2. The molecule has 0 radical (unpaired) electrons. The maximum Gasteiger partial charge on any atom is 0.315 e. The Hall–Kier alpha value is -3.19. The van der Waals surface area contributed by atoms with Gasteiger partial charge in [0.05, 0.1) is 17.8 Å². The molecule has 0 bridgehead atoms. The van der Waals surface area contributed by atoms with Crippen LogP contribution in [0.1, 0.15) is 22.7 Å². The number of nitrogens with zero attached hydrogens (tertiary/aromatic N) is 3. The third-order valence-corrected chi connectivity index (χ3v) is 4.56. The van der Waals surface area contributed by atoms with Crippen LogP contribution in [0, 0.1) is 0 Å². The van der Waals surface area contributed by atoms with Crippen LogP contribution in [-0.2, 0) is 13.0 Å². The number of aliphatic hydroxyl groups excluding tert-OH is 1. The maximum atomic E-state index is 12.2. The van der Waals surface area contributed by atoms with Crippen LogP contribution in [0.2, 0.25) is 0 Å². The van der Waals surface area contributed by atoms with Gasteiger partial charge >= 0.3 is 6.03 Å². The normalized spacial score (nSPS) is 18.3. The zero-order valence-corrected chi connectivity index (χ0v) is 14.0. The van der Waals surface area contributed by atoms with Gasteiger partial charge in [-0.05, 0) is 28.8 Å². The first-order chi connectivity index (χ1) is 12.7. The van der Waals surface area contributed by atoms with Crippen molar-refractivity contribution in [1.29, 1.82) is 0 Å². The molecule has 1 aliphatic rings. The van der Waals surface area contributed by atoms with Gasteiger partial charge in [-0.15, -0.1) is 0 Å². The Bertz CT molecular complexity index is 893. The summed E-state index contributed by atoms with van der Waals surface area (Å²) in [6.07, 6.45) is 3.08. The van der Waals surface area contributed by atoms with Crippen molar-refractivity contribution in [2.45, 2.75) is 25.1 Å². The van der Waals surface area contributed by atoms with E-state index in [1.165, 1.54) is 6.33 Å². The number of nitrogens with one attached hydrogen (secondary N) is 2. The summed E-state index contributed by atoms with van der Waals surface area (Å²) in [5, 5.41) is 20.0. The first-order valence-corrected chi connectivity index (χ1v) is 8.45. The molecule has 26 heavy (non-hydrogen) atoms. The molecule has 2 atom stereocenters. The van der Waals surface area contributed by atoms with Crippen LogP contribution in [0.15, 0.2) is 61.2 Å². The second-order valence-electron chi connectivity index (χ2n) is 6.28. The molecule has 1 aromatic heterocycles. The van der Waals surface area contributed by atoms with E-state index in [-0.39, 0.29) is 12.1 Å². The van der Waals surface area contributed by atoms with Crippen molar-refractivity contribution in [3.05, 3.63) is 77.9 Å². The first kappa shape index (κ1) is 16.3. The fourth-order valence-corrected chi connectivity index (χ4v) is 3.23. The van der Waals surface area contributed by atoms with E-state index in [9.17, 15) is 9.90 Å². The van der Waals surface area contributed by atoms with Gasteiger partial charge in [0, 0.05) is 13.0 Å². The highest BCUT2D eigenvalue weighted by molar-refractivity contribution is 5.74. The van der Waals surface area contributed by atoms with E-state index in [2.05, 4.69) is 20.7 Å². The summed E-state index contributed by atoms with van der Waals surface area (Å²) in [6, 6.07) is 14.8. The van der Waals surface area contributed by atoms with Gasteiger partial charge in [-0.2, -0.15) is 5.10 Å². The molecule has 0 unspecified atom stereocenters. The molecule has 4 rings (SSSR count). The highest BCUT2D eigenvalue weighted by Gasteiger charge is 2.31. The summed E-state index contributed by atoms with van der Waals surface area (Å²) >= 11 is 0. The van der Waals surface area contributed by atoms with Crippen molar-refractivity contribution in [2.75, 3.05) is 0 Å². The van der Waals surface area contributed by atoms with Gasteiger partial charge in [0.25, 0.3) is 0 Å². The number of fused-ring (bicyclic) bond motifs is 1. The van der Waals surface area contributed by atoms with Gasteiger partial charge < -0.3 is 15.7 Å². The van der Waals surface area contributed by atoms with Crippen molar-refractivity contribution in [3.8, 4) is 5.69 Å². The Balaban J connectivity index is 1.34. The molecule has 0 saturated carbocycles. The molecule has 132 valence electrons. The van der Waals surface area contributed by atoms with E-state index in [1.54, 1.807) is 11.0 Å². The summed E-state index contributed by atoms with van der Waals surface area (Å²) in [5.74, 6) is 0. The van der Waals surface area contributed by atoms with Crippen molar-refractivity contribution in [2.24, 2.45) is 0 Å². The fraction of sp³-hybridized carbons (Fsp3) is 0.211. The Morgan fingerprint density at radius 3 is 2.77 bits per heavy atom. The van der Waals surface area contributed by atoms with Crippen LogP contribution in [0.4, 0.5) is 4.79 Å². The number of carbonyl (C=O) groups is 1. The van der Waals surface area contributed by atoms with E-state index in [1.807, 2.05) is 48.5 Å². The van der Waals surface area contributed by atoms with E-state index in [0.717, 1.165) is 22.4 Å². The highest BCUT2D eigenvalue weighted by atomic mass is 16.3. The summed E-state index contributed by atoms with van der Waals surface area (Å²) in [4.78, 5) is 16.1. The largest absolute Gasteiger partial charge is 0.390 e. The fourth-order valence-electron chi connectivity index (χ4n) is 3.23. The molecule has 1 heterocycles. The monoisotopic (exact) mass is 349 g/mol. The number of hydrogen-bond donors (Lipinski definition) is 3. The number of rotatable bonds is 4. The van der Waals surface area contributed by atoms with Crippen molar-refractivity contribution in [1.82, 2.24) is 25.4 Å². The third kappa shape index (κ3) is 3.29. The van der Waals surface area contributed by atoms with Crippen molar-refractivity contribution < 1.29 is 9.90 Å². The Morgan fingerprint density at radius 1 is 1.19 bits per heavy atom. The first-order valence-electron chi connectivity index (χ1n) is 8.45. The Morgan fingerprint density at radius 2 is 2.00 bits per heavy atom. The predicted octanol–water partition coefficient (Wildman–Crippen LogP) is 1.72. The molecular weight excluding hydrogens is 330 g/mol. The van der Waals surface area contributed by atoms with Crippen LogP contribution in [-0.4, -0.2) is 32.0 Å². The molecule has 7 heteroatoms. The van der Waals surface area contributed by atoms with Crippen LogP contribution in [0.3, 0.4) is 0 Å². The van der Waals surface area contributed by atoms with Crippen LogP contribution in [0.5, 0.6) is 0 Å². The van der Waals surface area contributed by atoms with Gasteiger partial charge in [-0.25, -0.2) is 14.5 Å². The molecule has 0 saturated heterocycles. The second-order valence-corrected chi connectivity index (χ2v) is 6.28. The van der Waals surface area contributed by atoms with E-state index < -0.39 is 6.10 Å². The molecule has 0 fully saturated rings. The molecule has 3 N–H and O–H groups in total. The summed E-state index contributed by atoms with van der Waals surface area (Å²) < 4.78 is 1.67. The summed E-state index contributed by atoms with van der Waals surface area (Å²) in [7, 11) is 0. The van der Waals surface area contributed by atoms with Crippen molar-refractivity contribution >= 4 is 6.03 Å². The lowest BCUT2D eigenvalue weighted by Gasteiger charge is -2.18. The second kappa shape index (κ2) is 6.97. The zero-order valence-electron chi connectivity index (χ0n) is 14.0. The summed E-state index contributed by atoms with van der Waals surface area (Å²) in [5.41, 5.74) is 3.93. The standard InChI is InChI=1S/C19H19N5O2/c25-17-9-14-3-1-2-4-16(14)18(17)23-19(26)21-10-13-5-7-15(8-6-13)24-12-20-11-22-24/h1-8,11-12,17-18,25H,9-10H2,(H2,21,23,26)/t17-,18+/m0/s1. The molecule has 2 amide bonds. The van der Waals surface area contributed by atoms with Gasteiger partial charge in [0.1, 0.15) is 12.7 Å². The highest BCUT2D eigenvalue weighted by Crippen LogP contribution is 2.31. The predicted molar refractivity (Wildman–Crippen MR) is 95.6 cm³/mol. The van der Waals surface area contributed by atoms with Crippen molar-refractivity contribution in [3.63, 3.8) is 0 Å². The molecule has 0 aliphatic heterocycles. The van der Waals surface area contributed by atoms with Gasteiger partial charge in [-0.1, -0.05) is 36.4 Å². The number of aliphatic hydroxyl groups is 1. The van der Waals surface area contributed by atoms with Gasteiger partial charge in [0.2, 0.25) is 0 Å². The zero-order chi connectivity index (χ0) is 17.9. The average Bonchev–Trinajstić information content (AvgIpc) is 3.29. The van der Waals surface area contributed by atoms with Gasteiger partial charge in [-0.3, -0.25) is 0 Å².